The summed E-state index contributed by atoms with van der Waals surface area (Å²) < 4.78 is 5.28. The maximum absolute atomic E-state index is 12.7. The van der Waals surface area contributed by atoms with Gasteiger partial charge in [-0.15, -0.1) is 0 Å². The largest absolute Gasteiger partial charge is 0.376 e. The van der Waals surface area contributed by atoms with Crippen LogP contribution < -0.4 is 5.32 Å². The number of amides is 1. The predicted octanol–water partition coefficient (Wildman–Crippen LogP) is 2.20. The van der Waals surface area contributed by atoms with Crippen LogP contribution in [0.2, 0.25) is 5.02 Å². The number of aromatic nitrogens is 2. The number of carbonyl (C=O) groups is 1. The van der Waals surface area contributed by atoms with Crippen LogP contribution in [0.4, 0.5) is 5.95 Å². The highest BCUT2D eigenvalue weighted by atomic mass is 35.5. The van der Waals surface area contributed by atoms with E-state index in [9.17, 15) is 10.1 Å². The molecule has 0 saturated carbocycles. The summed E-state index contributed by atoms with van der Waals surface area (Å²) in [5.74, 6) is 0.437. The summed E-state index contributed by atoms with van der Waals surface area (Å²) in [7, 11) is 0. The molecule has 0 bridgehead atoms. The fraction of sp³-hybridized carbons (Fsp3) is 0.400. The van der Waals surface area contributed by atoms with E-state index in [1.165, 1.54) is 0 Å². The summed E-state index contributed by atoms with van der Waals surface area (Å²) >= 11 is 6.10. The fourth-order valence-corrected chi connectivity index (χ4v) is 4.49. The molecule has 1 aliphatic carbocycles. The molecule has 1 atom stereocenters. The predicted molar refractivity (Wildman–Crippen MR) is 102 cm³/mol. The molecule has 7 nitrogen and oxygen atoms in total. The second-order valence-electron chi connectivity index (χ2n) is 7.67. The smallest absolute Gasteiger partial charge is 0.257 e. The molecular weight excluding hydrogens is 378 g/mol. The van der Waals surface area contributed by atoms with Crippen LogP contribution in [-0.4, -0.2) is 52.1 Å². The molecule has 3 aliphatic rings. The minimum atomic E-state index is -0.0939. The maximum Gasteiger partial charge on any atom is 0.257 e. The van der Waals surface area contributed by atoms with Crippen LogP contribution in [0.25, 0.3) is 0 Å². The lowest BCUT2D eigenvalue weighted by Crippen LogP contribution is -2.72. The van der Waals surface area contributed by atoms with Gasteiger partial charge in [-0.25, -0.2) is 9.97 Å². The third kappa shape index (κ3) is 2.72. The number of fused-ring (bicyclic) bond motifs is 1. The van der Waals surface area contributed by atoms with Crippen molar-refractivity contribution in [2.45, 2.75) is 30.8 Å². The number of anilines is 1. The van der Waals surface area contributed by atoms with Gasteiger partial charge in [0.05, 0.1) is 35.9 Å². The van der Waals surface area contributed by atoms with Crippen LogP contribution in [0.15, 0.2) is 24.5 Å². The van der Waals surface area contributed by atoms with E-state index in [2.05, 4.69) is 21.4 Å². The van der Waals surface area contributed by atoms with E-state index in [1.807, 2.05) is 11.0 Å². The number of hydrogen-bond donors (Lipinski definition) is 1. The molecule has 1 spiro atoms. The molecule has 1 aromatic carbocycles. The lowest BCUT2D eigenvalue weighted by molar-refractivity contribution is -0.172. The molecule has 8 heteroatoms. The van der Waals surface area contributed by atoms with Gasteiger partial charge in [-0.2, -0.15) is 5.26 Å². The van der Waals surface area contributed by atoms with Crippen molar-refractivity contribution in [3.63, 3.8) is 0 Å². The SMILES string of the molecule is N#Cc1cc(Cl)cc2c1C[C@@H](Nc1ncc(C(=O)N3CCC34COC4)cn1)C2. The van der Waals surface area contributed by atoms with Crippen LogP contribution in [0.3, 0.4) is 0 Å². The van der Waals surface area contributed by atoms with Gasteiger partial charge < -0.3 is 15.0 Å². The van der Waals surface area contributed by atoms with Crippen molar-refractivity contribution in [1.82, 2.24) is 14.9 Å². The standard InChI is InChI=1S/C20H18ClN5O2/c21-15-3-12-5-16(6-17(12)13(4-15)7-22)25-19-23-8-14(9-24-19)18(27)26-2-1-20(26)10-28-11-20/h3-4,8-9,16H,1-2,5-6,10-11H2,(H,23,24,25)/t16-/m0/s1. The Morgan fingerprint density at radius 2 is 2.11 bits per heavy atom. The van der Waals surface area contributed by atoms with Crippen molar-refractivity contribution >= 4 is 23.5 Å². The van der Waals surface area contributed by atoms with Gasteiger partial charge in [-0.1, -0.05) is 11.6 Å². The molecule has 5 rings (SSSR count). The number of halogens is 1. The van der Waals surface area contributed by atoms with Crippen molar-refractivity contribution in [3.8, 4) is 6.07 Å². The molecule has 1 amide bonds. The molecule has 142 valence electrons. The van der Waals surface area contributed by atoms with Crippen LogP contribution in [-0.2, 0) is 17.6 Å². The average Bonchev–Trinajstić information content (AvgIpc) is 3.01. The highest BCUT2D eigenvalue weighted by molar-refractivity contribution is 6.30. The molecular formula is C20H18ClN5O2. The number of likely N-dealkylation sites (tertiary alicyclic amines) is 1. The highest BCUT2D eigenvalue weighted by Gasteiger charge is 2.53. The first kappa shape index (κ1) is 17.4. The summed E-state index contributed by atoms with van der Waals surface area (Å²) in [5.41, 5.74) is 3.13. The van der Waals surface area contributed by atoms with Gasteiger partial charge in [0, 0.05) is 30.0 Å². The van der Waals surface area contributed by atoms with Crippen molar-refractivity contribution in [2.75, 3.05) is 25.1 Å². The Labute approximate surface area is 167 Å². The third-order valence-electron chi connectivity index (χ3n) is 5.94. The first-order chi connectivity index (χ1) is 13.6. The molecule has 1 aromatic heterocycles. The Kier molecular flexibility index (Phi) is 4.00. The lowest BCUT2D eigenvalue weighted by Gasteiger charge is -2.57. The maximum atomic E-state index is 12.7. The Bertz CT molecular complexity index is 991. The zero-order valence-electron chi connectivity index (χ0n) is 15.1. The number of nitriles is 1. The second kappa shape index (κ2) is 6.43. The zero-order chi connectivity index (χ0) is 19.3. The zero-order valence-corrected chi connectivity index (χ0v) is 15.9. The van der Waals surface area contributed by atoms with E-state index < -0.39 is 0 Å². The summed E-state index contributed by atoms with van der Waals surface area (Å²) in [6.07, 6.45) is 5.61. The minimum Gasteiger partial charge on any atom is -0.376 e. The molecule has 2 saturated heterocycles. The number of nitrogens with zero attached hydrogens (tertiary/aromatic N) is 4. The van der Waals surface area contributed by atoms with E-state index in [0.717, 1.165) is 36.9 Å². The molecule has 2 fully saturated rings. The molecule has 2 aromatic rings. The molecule has 2 aliphatic heterocycles. The van der Waals surface area contributed by atoms with Crippen molar-refractivity contribution in [2.24, 2.45) is 0 Å². The van der Waals surface area contributed by atoms with Crippen molar-refractivity contribution in [1.29, 1.82) is 5.26 Å². The van der Waals surface area contributed by atoms with Gasteiger partial charge >= 0.3 is 0 Å². The first-order valence-corrected chi connectivity index (χ1v) is 9.65. The van der Waals surface area contributed by atoms with Gasteiger partial charge in [0.2, 0.25) is 5.95 Å². The van der Waals surface area contributed by atoms with E-state index in [4.69, 9.17) is 16.3 Å². The van der Waals surface area contributed by atoms with Gasteiger partial charge in [-0.3, -0.25) is 4.79 Å². The number of carbonyl (C=O) groups excluding carboxylic acids is 1. The van der Waals surface area contributed by atoms with Crippen LogP contribution in [0, 0.1) is 11.3 Å². The first-order valence-electron chi connectivity index (χ1n) is 9.28. The van der Waals surface area contributed by atoms with E-state index in [1.54, 1.807) is 18.5 Å². The van der Waals surface area contributed by atoms with Gasteiger partial charge in [0.15, 0.2) is 0 Å². The van der Waals surface area contributed by atoms with Gasteiger partial charge in [-0.05, 0) is 42.5 Å². The van der Waals surface area contributed by atoms with E-state index >= 15 is 0 Å². The van der Waals surface area contributed by atoms with Crippen LogP contribution >= 0.6 is 11.6 Å². The van der Waals surface area contributed by atoms with Crippen LogP contribution in [0.1, 0.15) is 33.5 Å². The fourth-order valence-electron chi connectivity index (χ4n) is 4.25. The topological polar surface area (TPSA) is 91.1 Å². The van der Waals surface area contributed by atoms with E-state index in [0.29, 0.717) is 35.3 Å². The van der Waals surface area contributed by atoms with Crippen LogP contribution in [0.5, 0.6) is 0 Å². The Morgan fingerprint density at radius 1 is 1.32 bits per heavy atom. The van der Waals surface area contributed by atoms with Gasteiger partial charge in [0.1, 0.15) is 0 Å². The summed E-state index contributed by atoms with van der Waals surface area (Å²) in [6.45, 7) is 2.00. The molecule has 3 heterocycles. The summed E-state index contributed by atoms with van der Waals surface area (Å²) in [4.78, 5) is 23.2. The van der Waals surface area contributed by atoms with Crippen molar-refractivity contribution < 1.29 is 9.53 Å². The second-order valence-corrected chi connectivity index (χ2v) is 8.11. The number of benzene rings is 1. The lowest BCUT2D eigenvalue weighted by atomic mass is 9.82. The molecule has 0 radical (unpaired) electrons. The number of rotatable bonds is 3. The number of ether oxygens (including phenoxy) is 1. The number of hydrogen-bond acceptors (Lipinski definition) is 6. The molecule has 0 unspecified atom stereocenters. The van der Waals surface area contributed by atoms with E-state index in [-0.39, 0.29) is 17.5 Å². The summed E-state index contributed by atoms with van der Waals surface area (Å²) in [5, 5.41) is 13.2. The molecule has 28 heavy (non-hydrogen) atoms. The quantitative estimate of drug-likeness (QED) is 0.856. The Balaban J connectivity index is 1.26. The summed E-state index contributed by atoms with van der Waals surface area (Å²) in [6, 6.07) is 5.92. The Morgan fingerprint density at radius 3 is 2.71 bits per heavy atom. The minimum absolute atomic E-state index is 0.0392. The monoisotopic (exact) mass is 395 g/mol. The number of nitrogens with one attached hydrogen (secondary N) is 1. The third-order valence-corrected chi connectivity index (χ3v) is 6.15. The Hall–Kier alpha value is -2.69. The van der Waals surface area contributed by atoms with Gasteiger partial charge in [0.25, 0.3) is 5.91 Å². The normalized spacial score (nSPS) is 21.4. The van der Waals surface area contributed by atoms with Crippen molar-refractivity contribution in [3.05, 3.63) is 51.8 Å². The highest BCUT2D eigenvalue weighted by Crippen LogP contribution is 2.38. The average molecular weight is 396 g/mol. The molecule has 1 N–H and O–H groups in total.